The zero-order valence-electron chi connectivity index (χ0n) is 14.9. The second-order valence-electron chi connectivity index (χ2n) is 6.82. The quantitative estimate of drug-likeness (QED) is 0.848. The van der Waals surface area contributed by atoms with E-state index in [0.29, 0.717) is 6.54 Å². The number of piperidine rings is 1. The molecule has 2 aromatic rings. The van der Waals surface area contributed by atoms with Gasteiger partial charge in [-0.05, 0) is 61.9 Å². The molecule has 0 aliphatic carbocycles. The van der Waals surface area contributed by atoms with Gasteiger partial charge in [0.25, 0.3) is 0 Å². The fourth-order valence-corrected chi connectivity index (χ4v) is 4.53. The van der Waals surface area contributed by atoms with Crippen molar-refractivity contribution in [2.24, 2.45) is 13.0 Å². The topological polar surface area (TPSA) is 45.5 Å². The van der Waals surface area contributed by atoms with Gasteiger partial charge in [0.2, 0.25) is 0 Å². The molecule has 1 N–H and O–H groups in total. The van der Waals surface area contributed by atoms with E-state index in [1.807, 2.05) is 0 Å². The highest BCUT2D eigenvalue weighted by Crippen LogP contribution is 2.31. The first-order chi connectivity index (χ1) is 12.1. The molecule has 4 nitrogen and oxygen atoms in total. The Kier molecular flexibility index (Phi) is 5.76. The summed E-state index contributed by atoms with van der Waals surface area (Å²) >= 11 is 1.78. The zero-order valence-corrected chi connectivity index (χ0v) is 15.8. The summed E-state index contributed by atoms with van der Waals surface area (Å²) in [7, 11) is 2.08. The predicted octanol–water partition coefficient (Wildman–Crippen LogP) is 4.01. The Hall–Kier alpha value is -1.85. The maximum absolute atomic E-state index is 11.2. The molecule has 5 heteroatoms. The van der Waals surface area contributed by atoms with Crippen LogP contribution in [0.15, 0.2) is 35.9 Å². The highest BCUT2D eigenvalue weighted by Gasteiger charge is 2.24. The Labute approximate surface area is 153 Å². The van der Waals surface area contributed by atoms with Gasteiger partial charge < -0.3 is 14.6 Å². The molecule has 1 aliphatic rings. The van der Waals surface area contributed by atoms with E-state index in [2.05, 4.69) is 59.3 Å². The molecule has 0 spiro atoms. The molecule has 3 heterocycles. The first-order valence-corrected chi connectivity index (χ1v) is 9.75. The molecule has 1 unspecified atom stereocenters. The van der Waals surface area contributed by atoms with E-state index in [-0.39, 0.29) is 5.92 Å². The van der Waals surface area contributed by atoms with Crippen LogP contribution in [0.1, 0.15) is 35.4 Å². The highest BCUT2D eigenvalue weighted by molar-refractivity contribution is 7.11. The van der Waals surface area contributed by atoms with E-state index in [1.165, 1.54) is 21.7 Å². The van der Waals surface area contributed by atoms with Crippen LogP contribution in [0.25, 0.3) is 5.57 Å². The van der Waals surface area contributed by atoms with Crippen LogP contribution in [-0.2, 0) is 11.8 Å². The van der Waals surface area contributed by atoms with Gasteiger partial charge in [0.15, 0.2) is 0 Å². The minimum atomic E-state index is -0.654. The minimum Gasteiger partial charge on any atom is -0.481 e. The van der Waals surface area contributed by atoms with Gasteiger partial charge in [-0.2, -0.15) is 0 Å². The van der Waals surface area contributed by atoms with E-state index < -0.39 is 5.97 Å². The Morgan fingerprint density at radius 1 is 1.44 bits per heavy atom. The second kappa shape index (κ2) is 8.02. The van der Waals surface area contributed by atoms with E-state index in [1.54, 1.807) is 11.3 Å². The van der Waals surface area contributed by atoms with Crippen LogP contribution in [0.5, 0.6) is 0 Å². The summed E-state index contributed by atoms with van der Waals surface area (Å²) < 4.78 is 2.16. The molecule has 0 saturated carbocycles. The van der Waals surface area contributed by atoms with Crippen molar-refractivity contribution in [3.63, 3.8) is 0 Å². The summed E-state index contributed by atoms with van der Waals surface area (Å²) in [6, 6.07) is 6.40. The number of carbonyl (C=O) groups is 1. The van der Waals surface area contributed by atoms with Gasteiger partial charge in [0.05, 0.1) is 5.92 Å². The molecule has 1 fully saturated rings. The Morgan fingerprint density at radius 3 is 2.92 bits per heavy atom. The van der Waals surface area contributed by atoms with Crippen molar-refractivity contribution in [1.82, 2.24) is 9.47 Å². The number of hydrogen-bond donors (Lipinski definition) is 1. The fraction of sp³-hybridized carbons (Fsp3) is 0.450. The molecule has 1 aliphatic heterocycles. The van der Waals surface area contributed by atoms with Crippen LogP contribution in [0.4, 0.5) is 0 Å². The summed E-state index contributed by atoms with van der Waals surface area (Å²) in [4.78, 5) is 14.8. The van der Waals surface area contributed by atoms with Crippen molar-refractivity contribution in [1.29, 1.82) is 0 Å². The molecule has 2 aromatic heterocycles. The van der Waals surface area contributed by atoms with Gasteiger partial charge in [0.1, 0.15) is 0 Å². The van der Waals surface area contributed by atoms with Gasteiger partial charge in [-0.3, -0.25) is 4.79 Å². The maximum atomic E-state index is 11.2. The number of hydrogen-bond acceptors (Lipinski definition) is 3. The lowest BCUT2D eigenvalue weighted by atomic mass is 9.98. The molecule has 1 saturated heterocycles. The summed E-state index contributed by atoms with van der Waals surface area (Å²) in [6.45, 7) is 4.77. The lowest BCUT2D eigenvalue weighted by molar-refractivity contribution is -0.143. The van der Waals surface area contributed by atoms with Crippen LogP contribution in [0, 0.1) is 12.8 Å². The SMILES string of the molecule is Cc1ccsc1/C(=C\CCN1CCCC(C(=O)O)C1)c1cccn1C. The largest absolute Gasteiger partial charge is 0.481 e. The van der Waals surface area contributed by atoms with Crippen molar-refractivity contribution in [3.8, 4) is 0 Å². The van der Waals surface area contributed by atoms with Crippen molar-refractivity contribution >= 4 is 22.9 Å². The maximum Gasteiger partial charge on any atom is 0.307 e. The van der Waals surface area contributed by atoms with Crippen molar-refractivity contribution < 1.29 is 9.90 Å². The van der Waals surface area contributed by atoms with Gasteiger partial charge in [-0.25, -0.2) is 0 Å². The van der Waals surface area contributed by atoms with E-state index in [9.17, 15) is 9.90 Å². The normalized spacial score (nSPS) is 19.3. The summed E-state index contributed by atoms with van der Waals surface area (Å²) in [5.74, 6) is -0.858. The number of nitrogens with zero attached hydrogens (tertiary/aromatic N) is 2. The Bertz CT molecular complexity index is 717. The van der Waals surface area contributed by atoms with Crippen LogP contribution in [-0.4, -0.2) is 40.2 Å². The number of rotatable bonds is 6. The molecule has 0 bridgehead atoms. The van der Waals surface area contributed by atoms with Gasteiger partial charge in [0, 0.05) is 42.5 Å². The number of aromatic nitrogens is 1. The number of aliphatic carboxylic acids is 1. The fourth-order valence-electron chi connectivity index (χ4n) is 3.55. The van der Waals surface area contributed by atoms with Crippen LogP contribution in [0.2, 0.25) is 0 Å². The van der Waals surface area contributed by atoms with Gasteiger partial charge in [-0.1, -0.05) is 6.08 Å². The van der Waals surface area contributed by atoms with E-state index in [4.69, 9.17) is 0 Å². The predicted molar refractivity (Wildman–Crippen MR) is 103 cm³/mol. The van der Waals surface area contributed by atoms with E-state index in [0.717, 1.165) is 32.4 Å². The average Bonchev–Trinajstić information content (AvgIpc) is 3.21. The number of likely N-dealkylation sites (tertiary alicyclic amines) is 1. The molecular formula is C20H26N2O2S. The Balaban J connectivity index is 1.73. The molecule has 0 amide bonds. The summed E-state index contributed by atoms with van der Waals surface area (Å²) in [5.41, 5.74) is 3.82. The summed E-state index contributed by atoms with van der Waals surface area (Å²) in [5, 5.41) is 11.4. The molecular weight excluding hydrogens is 332 g/mol. The monoisotopic (exact) mass is 358 g/mol. The van der Waals surface area contributed by atoms with E-state index >= 15 is 0 Å². The Morgan fingerprint density at radius 2 is 2.28 bits per heavy atom. The standard InChI is InChI=1S/C20H26N2O2S/c1-15-9-13-25-19(15)17(18-8-5-10-21(18)2)7-4-12-22-11-3-6-16(14-22)20(23)24/h5,7-10,13,16H,3-4,6,11-12,14H2,1-2H3,(H,23,24)/b17-7-. The molecule has 3 rings (SSSR count). The number of thiophene rings is 1. The number of carboxylic acids is 1. The van der Waals surface area contributed by atoms with Crippen LogP contribution < -0.4 is 0 Å². The first-order valence-electron chi connectivity index (χ1n) is 8.87. The van der Waals surface area contributed by atoms with Crippen molar-refractivity contribution in [2.75, 3.05) is 19.6 Å². The number of carboxylic acid groups (broad SMARTS) is 1. The highest BCUT2D eigenvalue weighted by atomic mass is 32.1. The lowest BCUT2D eigenvalue weighted by Gasteiger charge is -2.30. The molecule has 134 valence electrons. The second-order valence-corrected chi connectivity index (χ2v) is 7.74. The molecule has 1 atom stereocenters. The average molecular weight is 359 g/mol. The molecule has 0 aromatic carbocycles. The number of aryl methyl sites for hydroxylation is 2. The third kappa shape index (κ3) is 4.22. The zero-order chi connectivity index (χ0) is 17.8. The third-order valence-electron chi connectivity index (χ3n) is 4.97. The van der Waals surface area contributed by atoms with Crippen LogP contribution >= 0.6 is 11.3 Å². The van der Waals surface area contributed by atoms with Gasteiger partial charge >= 0.3 is 5.97 Å². The lowest BCUT2D eigenvalue weighted by Crippen LogP contribution is -2.39. The molecule has 25 heavy (non-hydrogen) atoms. The van der Waals surface area contributed by atoms with Crippen molar-refractivity contribution in [3.05, 3.63) is 52.0 Å². The molecule has 0 radical (unpaired) electrons. The first kappa shape index (κ1) is 18.0. The smallest absolute Gasteiger partial charge is 0.307 e. The van der Waals surface area contributed by atoms with Crippen molar-refractivity contribution in [2.45, 2.75) is 26.2 Å². The summed E-state index contributed by atoms with van der Waals surface area (Å²) in [6.07, 6.45) is 7.12. The van der Waals surface area contributed by atoms with Gasteiger partial charge in [-0.15, -0.1) is 11.3 Å². The minimum absolute atomic E-state index is 0.204. The van der Waals surface area contributed by atoms with Crippen LogP contribution in [0.3, 0.4) is 0 Å². The third-order valence-corrected chi connectivity index (χ3v) is 6.02.